The van der Waals surface area contributed by atoms with Crippen LogP contribution in [0.1, 0.15) is 79.1 Å². The minimum absolute atomic E-state index is 0. The molecule has 0 aromatic carbocycles. The molecule has 1 saturated heterocycles. The van der Waals surface area contributed by atoms with Crippen molar-refractivity contribution in [3.8, 4) is 0 Å². The predicted octanol–water partition coefficient (Wildman–Crippen LogP) is 5.41. The van der Waals surface area contributed by atoms with Crippen LogP contribution < -0.4 is 0 Å². The summed E-state index contributed by atoms with van der Waals surface area (Å²) in [5, 5.41) is 0. The number of esters is 2. The molecular formula is C33H62BO10VW-. The van der Waals surface area contributed by atoms with Crippen LogP contribution in [0, 0.1) is 39.5 Å². The summed E-state index contributed by atoms with van der Waals surface area (Å²) < 4.78 is 36.8. The largest absolute Gasteiger partial charge is 2.00 e. The van der Waals surface area contributed by atoms with E-state index in [-0.39, 0.29) is 78.7 Å². The molecule has 46 heavy (non-hydrogen) atoms. The topological polar surface area (TPSA) is 116 Å². The number of rotatable bonds is 16. The van der Waals surface area contributed by atoms with Crippen LogP contribution in [0.2, 0.25) is 5.82 Å². The Kier molecular flexibility index (Phi) is 41.5. The molecule has 1 aliphatic carbocycles. The van der Waals surface area contributed by atoms with Gasteiger partial charge < -0.3 is 54.9 Å². The molecule has 2 rings (SSSR count). The first-order valence-corrected chi connectivity index (χ1v) is 15.1. The number of carbonyl (C=O) groups is 3. The van der Waals surface area contributed by atoms with Crippen LogP contribution in [0.5, 0.6) is 0 Å². The van der Waals surface area contributed by atoms with E-state index in [2.05, 4.69) is 11.7 Å². The van der Waals surface area contributed by atoms with Gasteiger partial charge in [0.1, 0.15) is 24.6 Å². The average Bonchev–Trinajstić information content (AvgIpc) is 3.34. The molecule has 0 bridgehead atoms. The van der Waals surface area contributed by atoms with Crippen molar-refractivity contribution in [3.63, 3.8) is 0 Å². The van der Waals surface area contributed by atoms with E-state index >= 15 is 0 Å². The summed E-state index contributed by atoms with van der Waals surface area (Å²) in [6, 6.07) is 0. The first kappa shape index (κ1) is 55.2. The van der Waals surface area contributed by atoms with Gasteiger partial charge in [0.05, 0.1) is 7.85 Å². The third-order valence-corrected chi connectivity index (χ3v) is 7.21. The number of carbonyl (C=O) groups excluding carboxylic acids is 3. The van der Waals surface area contributed by atoms with E-state index in [1.54, 1.807) is 21.3 Å². The van der Waals surface area contributed by atoms with Crippen LogP contribution in [0.3, 0.4) is 0 Å². The zero-order chi connectivity index (χ0) is 31.9. The predicted molar refractivity (Wildman–Crippen MR) is 174 cm³/mol. The van der Waals surface area contributed by atoms with Crippen molar-refractivity contribution in [3.05, 3.63) is 21.8 Å². The molecule has 0 N–H and O–H groups in total. The summed E-state index contributed by atoms with van der Waals surface area (Å²) in [5.41, 5.74) is 0. The minimum Gasteiger partial charge on any atom is -0.463 e. The Hall–Kier alpha value is -0.252. The van der Waals surface area contributed by atoms with Crippen molar-refractivity contribution in [2.45, 2.75) is 103 Å². The molecule has 2 fully saturated rings. The number of methoxy groups -OCH3 is 2. The van der Waals surface area contributed by atoms with Gasteiger partial charge in [-0.2, -0.15) is 0 Å². The van der Waals surface area contributed by atoms with Gasteiger partial charge in [-0.25, -0.2) is 0 Å². The molecule has 0 aromatic rings. The zero-order valence-electron chi connectivity index (χ0n) is 30.0. The van der Waals surface area contributed by atoms with Crippen LogP contribution in [-0.4, -0.2) is 98.4 Å². The Morgan fingerprint density at radius 1 is 0.891 bits per heavy atom. The summed E-state index contributed by atoms with van der Waals surface area (Å²) in [5.74, 6) is 0.538. The molecule has 7 unspecified atom stereocenters. The van der Waals surface area contributed by atoms with Crippen LogP contribution in [0.25, 0.3) is 0 Å². The first-order valence-electron chi connectivity index (χ1n) is 15.1. The molecule has 0 aromatic heterocycles. The van der Waals surface area contributed by atoms with Crippen LogP contribution >= 0.6 is 0 Å². The third-order valence-electron chi connectivity index (χ3n) is 7.21. The molecule has 3 radical (unpaired) electrons. The van der Waals surface area contributed by atoms with Gasteiger partial charge in [0.25, 0.3) is 0 Å². The van der Waals surface area contributed by atoms with Crippen molar-refractivity contribution in [2.24, 2.45) is 17.8 Å². The number of Topliss-reactive ketones (excluding diaryl/α,β-unsaturated/α-hetero) is 1. The second-order valence-corrected chi connectivity index (χ2v) is 11.0. The maximum Gasteiger partial charge on any atom is 2.00 e. The standard InChI is InChI=1S/C22H37O8.C7H13BO.C2H6O.2CH3.V.W/c1-6-26-12-9-11-19(25)10-7-8-13-27-22-16(3)15(2)21(29-18(5)24)20(30-22)14-28-17(4)23;1-9-5-6-2-3-7(8)4-6;1-3-2;;;;/h15-16,20-22H,1,6-14H2,2-5H3;6-7H,2-5H2,1H3;1-2H3;2*1H3;;/q-1;;;2*-1;+2;. The van der Waals surface area contributed by atoms with Gasteiger partial charge in [-0.05, 0) is 31.6 Å². The van der Waals surface area contributed by atoms with Gasteiger partial charge in [0.2, 0.25) is 0 Å². The van der Waals surface area contributed by atoms with Gasteiger partial charge in [0.15, 0.2) is 6.29 Å². The minimum atomic E-state index is -0.587. The van der Waals surface area contributed by atoms with Crippen LogP contribution in [-0.2, 0) is 87.2 Å². The summed E-state index contributed by atoms with van der Waals surface area (Å²) >= 11 is 0. The van der Waals surface area contributed by atoms with Crippen molar-refractivity contribution in [2.75, 3.05) is 54.4 Å². The Bertz CT molecular complexity index is 735. The van der Waals surface area contributed by atoms with Crippen molar-refractivity contribution < 1.29 is 87.2 Å². The van der Waals surface area contributed by atoms with E-state index < -0.39 is 30.4 Å². The second kappa shape index (κ2) is 34.6. The molecule has 10 nitrogen and oxygen atoms in total. The fourth-order valence-electron chi connectivity index (χ4n) is 4.88. The SMILES string of the molecule is COC.[B]C1CCC(COC)C1.[CH2-]COCCCC(=O)CCCCOC1OC(COC(C)=O)C(OC(C)=O)C(C)C1C.[CH3-].[CH3-].[V+2].[W]. The van der Waals surface area contributed by atoms with Crippen LogP contribution in [0.15, 0.2) is 0 Å². The average molecular weight is 864 g/mol. The van der Waals surface area contributed by atoms with Gasteiger partial charge in [-0.15, -0.1) is 0 Å². The van der Waals surface area contributed by atoms with E-state index in [1.807, 2.05) is 13.8 Å². The van der Waals surface area contributed by atoms with Crippen molar-refractivity contribution in [1.82, 2.24) is 0 Å². The van der Waals surface area contributed by atoms with Gasteiger partial charge in [-0.1, -0.05) is 39.1 Å². The smallest absolute Gasteiger partial charge is 0.463 e. The van der Waals surface area contributed by atoms with E-state index in [1.165, 1.54) is 26.7 Å². The third kappa shape index (κ3) is 26.7. The molecule has 0 amide bonds. The number of hydrogen-bond donors (Lipinski definition) is 0. The van der Waals surface area contributed by atoms with E-state index in [0.717, 1.165) is 38.2 Å². The molecule has 1 saturated carbocycles. The van der Waals surface area contributed by atoms with Gasteiger partial charge in [-0.3, -0.25) is 14.4 Å². The molecule has 7 atom stereocenters. The molecular weight excluding hydrogens is 802 g/mol. The number of hydrogen-bond acceptors (Lipinski definition) is 10. The molecule has 0 spiro atoms. The fraction of sp³-hybridized carbons (Fsp3) is 0.818. The monoisotopic (exact) mass is 864 g/mol. The summed E-state index contributed by atoms with van der Waals surface area (Å²) in [4.78, 5) is 34.5. The Morgan fingerprint density at radius 3 is 2.00 bits per heavy atom. The maximum atomic E-state index is 11.8. The molecule has 2 aliphatic rings. The van der Waals surface area contributed by atoms with Gasteiger partial charge >= 0.3 is 30.5 Å². The van der Waals surface area contributed by atoms with E-state index in [4.69, 9.17) is 36.3 Å². The molecule has 269 valence electrons. The van der Waals surface area contributed by atoms with Crippen LogP contribution in [0.4, 0.5) is 0 Å². The van der Waals surface area contributed by atoms with Gasteiger partial charge in [0, 0.05) is 101 Å². The fourth-order valence-corrected chi connectivity index (χ4v) is 4.88. The zero-order valence-corrected chi connectivity index (χ0v) is 34.3. The quantitative estimate of drug-likeness (QED) is 0.0864. The van der Waals surface area contributed by atoms with Crippen molar-refractivity contribution >= 4 is 25.6 Å². The maximum absolute atomic E-state index is 11.8. The number of unbranched alkanes of at least 4 members (excludes halogenated alkanes) is 1. The first-order chi connectivity index (χ1) is 20.0. The molecule has 1 heterocycles. The Morgan fingerprint density at radius 2 is 1.50 bits per heavy atom. The van der Waals surface area contributed by atoms with E-state index in [9.17, 15) is 14.4 Å². The summed E-state index contributed by atoms with van der Waals surface area (Å²) in [7, 11) is 10.7. The number of ether oxygens (including phenoxy) is 7. The van der Waals surface area contributed by atoms with E-state index in [0.29, 0.717) is 38.5 Å². The summed E-state index contributed by atoms with van der Waals surface area (Å²) in [6.45, 7) is 12.5. The number of ketones is 1. The summed E-state index contributed by atoms with van der Waals surface area (Å²) in [6.07, 6.45) is 5.27. The second-order valence-electron chi connectivity index (χ2n) is 11.0. The van der Waals surface area contributed by atoms with Crippen molar-refractivity contribution in [1.29, 1.82) is 0 Å². The Balaban J connectivity index is -0.000000296. The molecule has 1 aliphatic heterocycles. The normalized spacial score (nSPS) is 24.4. The Labute approximate surface area is 308 Å². The molecule has 13 heteroatoms.